The summed E-state index contributed by atoms with van der Waals surface area (Å²) in [7, 11) is 2.01. The topological polar surface area (TPSA) is 49.5 Å². The number of aliphatic hydroxyl groups is 1. The smallest absolute Gasteiger partial charge is 0.0586 e. The molecule has 0 radical (unpaired) electrons. The summed E-state index contributed by atoms with van der Waals surface area (Å²) in [4.78, 5) is 2.13. The first-order chi connectivity index (χ1) is 4.74. The monoisotopic (exact) mass is 144 g/mol. The molecule has 0 spiro atoms. The molecule has 1 saturated heterocycles. The first kappa shape index (κ1) is 7.98. The second-order valence-corrected chi connectivity index (χ2v) is 3.11. The molecular weight excluding hydrogens is 128 g/mol. The lowest BCUT2D eigenvalue weighted by atomic mass is 10.0. The molecule has 0 aliphatic carbocycles. The minimum Gasteiger partial charge on any atom is -0.395 e. The zero-order valence-corrected chi connectivity index (χ0v) is 6.45. The third-order valence-corrected chi connectivity index (χ3v) is 2.23. The van der Waals surface area contributed by atoms with E-state index in [0.717, 1.165) is 19.4 Å². The van der Waals surface area contributed by atoms with Gasteiger partial charge in [0, 0.05) is 18.6 Å². The maximum atomic E-state index is 8.87. The van der Waals surface area contributed by atoms with E-state index in [4.69, 9.17) is 10.8 Å². The van der Waals surface area contributed by atoms with Crippen molar-refractivity contribution in [3.05, 3.63) is 0 Å². The van der Waals surface area contributed by atoms with Crippen LogP contribution in [0.4, 0.5) is 0 Å². The molecule has 1 fully saturated rings. The van der Waals surface area contributed by atoms with E-state index in [2.05, 4.69) is 4.90 Å². The molecule has 1 aliphatic heterocycles. The summed E-state index contributed by atoms with van der Waals surface area (Å²) in [6, 6.07) is 0.660. The summed E-state index contributed by atoms with van der Waals surface area (Å²) in [5.74, 6) is 0. The molecule has 0 unspecified atom stereocenters. The summed E-state index contributed by atoms with van der Waals surface area (Å²) in [5.41, 5.74) is 5.72. The molecule has 2 atom stereocenters. The van der Waals surface area contributed by atoms with Gasteiger partial charge < -0.3 is 10.8 Å². The largest absolute Gasteiger partial charge is 0.395 e. The highest BCUT2D eigenvalue weighted by molar-refractivity contribution is 4.80. The van der Waals surface area contributed by atoms with E-state index in [0.29, 0.717) is 12.1 Å². The van der Waals surface area contributed by atoms with Gasteiger partial charge in [-0.3, -0.25) is 4.90 Å². The van der Waals surface area contributed by atoms with Crippen molar-refractivity contribution in [3.63, 3.8) is 0 Å². The Balaban J connectivity index is 2.36. The van der Waals surface area contributed by atoms with Gasteiger partial charge in [0.05, 0.1) is 6.61 Å². The number of likely N-dealkylation sites (tertiary alicyclic amines) is 1. The Bertz CT molecular complexity index is 108. The van der Waals surface area contributed by atoms with Crippen LogP contribution in [0.3, 0.4) is 0 Å². The fourth-order valence-corrected chi connectivity index (χ4v) is 1.47. The first-order valence-electron chi connectivity index (χ1n) is 3.80. The summed E-state index contributed by atoms with van der Waals surface area (Å²) in [6.45, 7) is 1.19. The number of aliphatic hydroxyl groups excluding tert-OH is 1. The van der Waals surface area contributed by atoms with Crippen molar-refractivity contribution in [1.82, 2.24) is 4.90 Å². The predicted octanol–water partition coefficient (Wildman–Crippen LogP) is -0.600. The van der Waals surface area contributed by atoms with Crippen molar-refractivity contribution >= 4 is 0 Å². The Hall–Kier alpha value is -0.120. The minimum atomic E-state index is 0.267. The number of hydrogen-bond acceptors (Lipinski definition) is 3. The van der Waals surface area contributed by atoms with Crippen molar-refractivity contribution in [2.45, 2.75) is 24.9 Å². The average molecular weight is 144 g/mol. The summed E-state index contributed by atoms with van der Waals surface area (Å²) in [5, 5.41) is 8.87. The van der Waals surface area contributed by atoms with Crippen molar-refractivity contribution in [2.75, 3.05) is 20.2 Å². The number of rotatable bonds is 1. The van der Waals surface area contributed by atoms with Gasteiger partial charge in [-0.1, -0.05) is 0 Å². The quantitative estimate of drug-likeness (QED) is 0.516. The van der Waals surface area contributed by atoms with Gasteiger partial charge in [0.25, 0.3) is 0 Å². The van der Waals surface area contributed by atoms with E-state index in [9.17, 15) is 0 Å². The molecule has 0 aromatic rings. The number of piperidine rings is 1. The summed E-state index contributed by atoms with van der Waals surface area (Å²) in [6.07, 6.45) is 2.09. The SMILES string of the molecule is CN1C[C@H](N)CC[C@H]1CO. The Morgan fingerprint density at radius 2 is 2.30 bits per heavy atom. The molecule has 3 heteroatoms. The van der Waals surface area contributed by atoms with Crippen LogP contribution < -0.4 is 5.73 Å². The number of nitrogens with zero attached hydrogens (tertiary/aromatic N) is 1. The zero-order valence-electron chi connectivity index (χ0n) is 6.45. The molecule has 1 heterocycles. The maximum absolute atomic E-state index is 8.87. The van der Waals surface area contributed by atoms with E-state index in [1.807, 2.05) is 7.05 Å². The molecule has 0 aromatic carbocycles. The lowest BCUT2D eigenvalue weighted by molar-refractivity contribution is 0.104. The fraction of sp³-hybridized carbons (Fsp3) is 1.00. The van der Waals surface area contributed by atoms with Crippen LogP contribution in [0.15, 0.2) is 0 Å². The third-order valence-electron chi connectivity index (χ3n) is 2.23. The van der Waals surface area contributed by atoms with Crippen molar-refractivity contribution in [2.24, 2.45) is 5.73 Å². The number of likely N-dealkylation sites (N-methyl/N-ethyl adjacent to an activating group) is 1. The van der Waals surface area contributed by atoms with Crippen LogP contribution in [-0.2, 0) is 0 Å². The van der Waals surface area contributed by atoms with Gasteiger partial charge in [0.15, 0.2) is 0 Å². The van der Waals surface area contributed by atoms with Gasteiger partial charge >= 0.3 is 0 Å². The van der Waals surface area contributed by atoms with Crippen LogP contribution in [-0.4, -0.2) is 42.3 Å². The van der Waals surface area contributed by atoms with Crippen LogP contribution in [0.1, 0.15) is 12.8 Å². The number of nitrogens with two attached hydrogens (primary N) is 1. The maximum Gasteiger partial charge on any atom is 0.0586 e. The zero-order chi connectivity index (χ0) is 7.56. The highest BCUT2D eigenvalue weighted by atomic mass is 16.3. The van der Waals surface area contributed by atoms with Crippen LogP contribution in [0.5, 0.6) is 0 Å². The Morgan fingerprint density at radius 1 is 1.60 bits per heavy atom. The molecule has 10 heavy (non-hydrogen) atoms. The predicted molar refractivity (Wildman–Crippen MR) is 40.7 cm³/mol. The normalized spacial score (nSPS) is 36.3. The minimum absolute atomic E-state index is 0.267. The molecular formula is C7H16N2O. The molecule has 3 nitrogen and oxygen atoms in total. The van der Waals surface area contributed by atoms with E-state index >= 15 is 0 Å². The Kier molecular flexibility index (Phi) is 2.65. The van der Waals surface area contributed by atoms with E-state index < -0.39 is 0 Å². The van der Waals surface area contributed by atoms with Crippen molar-refractivity contribution in [3.8, 4) is 0 Å². The van der Waals surface area contributed by atoms with Crippen LogP contribution in [0.2, 0.25) is 0 Å². The molecule has 0 amide bonds. The van der Waals surface area contributed by atoms with Gasteiger partial charge in [-0.05, 0) is 19.9 Å². The van der Waals surface area contributed by atoms with Gasteiger partial charge in [-0.15, -0.1) is 0 Å². The molecule has 0 bridgehead atoms. The highest BCUT2D eigenvalue weighted by Gasteiger charge is 2.21. The standard InChI is InChI=1S/C7H16N2O/c1-9-4-6(8)2-3-7(9)5-10/h6-7,10H,2-5,8H2,1H3/t6-,7+/m1/s1. The summed E-state index contributed by atoms with van der Waals surface area (Å²) >= 11 is 0. The van der Waals surface area contributed by atoms with Gasteiger partial charge in [0.1, 0.15) is 0 Å². The van der Waals surface area contributed by atoms with Gasteiger partial charge in [-0.25, -0.2) is 0 Å². The molecule has 0 aromatic heterocycles. The molecule has 3 N–H and O–H groups in total. The van der Waals surface area contributed by atoms with Crippen LogP contribution in [0, 0.1) is 0 Å². The third kappa shape index (κ3) is 1.68. The van der Waals surface area contributed by atoms with E-state index in [-0.39, 0.29) is 6.61 Å². The Labute approximate surface area is 61.8 Å². The second kappa shape index (κ2) is 3.32. The molecule has 1 aliphatic rings. The van der Waals surface area contributed by atoms with Crippen LogP contribution in [0.25, 0.3) is 0 Å². The molecule has 0 saturated carbocycles. The molecule has 1 rings (SSSR count). The fourth-order valence-electron chi connectivity index (χ4n) is 1.47. The summed E-state index contributed by atoms with van der Waals surface area (Å²) < 4.78 is 0. The van der Waals surface area contributed by atoms with E-state index in [1.54, 1.807) is 0 Å². The van der Waals surface area contributed by atoms with E-state index in [1.165, 1.54) is 0 Å². The lowest BCUT2D eigenvalue weighted by Crippen LogP contribution is -2.47. The van der Waals surface area contributed by atoms with Gasteiger partial charge in [-0.2, -0.15) is 0 Å². The number of hydrogen-bond donors (Lipinski definition) is 2. The van der Waals surface area contributed by atoms with Crippen LogP contribution >= 0.6 is 0 Å². The molecule has 60 valence electrons. The second-order valence-electron chi connectivity index (χ2n) is 3.11. The van der Waals surface area contributed by atoms with Crippen molar-refractivity contribution in [1.29, 1.82) is 0 Å². The first-order valence-corrected chi connectivity index (χ1v) is 3.80. The lowest BCUT2D eigenvalue weighted by Gasteiger charge is -2.34. The van der Waals surface area contributed by atoms with Crippen molar-refractivity contribution < 1.29 is 5.11 Å². The highest BCUT2D eigenvalue weighted by Crippen LogP contribution is 2.13. The average Bonchev–Trinajstić information content (AvgIpc) is 1.88. The van der Waals surface area contributed by atoms with Gasteiger partial charge in [0.2, 0.25) is 0 Å². The Morgan fingerprint density at radius 3 is 2.80 bits per heavy atom.